The molecule has 1 aromatic carbocycles. The van der Waals surface area contributed by atoms with Gasteiger partial charge in [0.05, 0.1) is 25.5 Å². The first-order chi connectivity index (χ1) is 13.3. The van der Waals surface area contributed by atoms with Crippen LogP contribution in [0, 0.1) is 6.92 Å². The van der Waals surface area contributed by atoms with Crippen LogP contribution < -0.4 is 10.6 Å². The molecule has 2 heterocycles. The van der Waals surface area contributed by atoms with E-state index in [1.54, 1.807) is 6.26 Å². The highest BCUT2D eigenvalue weighted by Crippen LogP contribution is 2.21. The van der Waals surface area contributed by atoms with Crippen molar-refractivity contribution in [3.8, 4) is 0 Å². The van der Waals surface area contributed by atoms with Crippen molar-refractivity contribution < 1.29 is 9.15 Å². The van der Waals surface area contributed by atoms with Crippen LogP contribution >= 0.6 is 24.0 Å². The molecule has 6 nitrogen and oxygen atoms in total. The second-order valence-electron chi connectivity index (χ2n) is 6.73. The Kier molecular flexibility index (Phi) is 9.80. The van der Waals surface area contributed by atoms with E-state index in [2.05, 4.69) is 58.6 Å². The number of furan rings is 1. The number of ether oxygens (including phenoxy) is 1. The van der Waals surface area contributed by atoms with Crippen molar-refractivity contribution in [1.82, 2.24) is 15.5 Å². The van der Waals surface area contributed by atoms with Crippen molar-refractivity contribution >= 4 is 29.9 Å². The molecule has 3 rings (SSSR count). The summed E-state index contributed by atoms with van der Waals surface area (Å²) in [4.78, 5) is 7.12. The first-order valence-corrected chi connectivity index (χ1v) is 9.69. The molecule has 0 amide bonds. The van der Waals surface area contributed by atoms with Crippen molar-refractivity contribution in [2.45, 2.75) is 26.4 Å². The number of hydrogen-bond donors (Lipinski definition) is 2. The first kappa shape index (κ1) is 22.7. The molecule has 0 aliphatic carbocycles. The summed E-state index contributed by atoms with van der Waals surface area (Å²) < 4.78 is 10.9. The first-order valence-electron chi connectivity index (χ1n) is 9.69. The highest BCUT2D eigenvalue weighted by Gasteiger charge is 2.22. The molecule has 1 aliphatic rings. The van der Waals surface area contributed by atoms with Gasteiger partial charge in [0.25, 0.3) is 0 Å². The molecule has 1 fully saturated rings. The third kappa shape index (κ3) is 6.79. The lowest BCUT2D eigenvalue weighted by Gasteiger charge is -2.35. The molecule has 0 saturated carbocycles. The normalized spacial score (nSPS) is 16.3. The monoisotopic (exact) mass is 498 g/mol. The third-order valence-electron chi connectivity index (χ3n) is 4.73. The highest BCUT2D eigenvalue weighted by atomic mass is 127. The fourth-order valence-electron chi connectivity index (χ4n) is 3.23. The van der Waals surface area contributed by atoms with Crippen LogP contribution in [0.4, 0.5) is 0 Å². The Morgan fingerprint density at radius 1 is 1.14 bits per heavy atom. The Labute approximate surface area is 184 Å². The lowest BCUT2D eigenvalue weighted by atomic mass is 10.0. The molecule has 0 radical (unpaired) electrons. The summed E-state index contributed by atoms with van der Waals surface area (Å²) in [5.41, 5.74) is 2.60. The van der Waals surface area contributed by atoms with Gasteiger partial charge in [0.1, 0.15) is 12.3 Å². The predicted octanol–water partition coefficient (Wildman–Crippen LogP) is 3.33. The van der Waals surface area contributed by atoms with Crippen molar-refractivity contribution in [3.63, 3.8) is 0 Å². The minimum absolute atomic E-state index is 0. The van der Waals surface area contributed by atoms with Gasteiger partial charge in [-0.15, -0.1) is 24.0 Å². The van der Waals surface area contributed by atoms with Gasteiger partial charge in [-0.25, -0.2) is 4.99 Å². The Morgan fingerprint density at radius 3 is 2.54 bits per heavy atom. The Morgan fingerprint density at radius 2 is 1.89 bits per heavy atom. The molecule has 1 saturated heterocycles. The molecule has 2 N–H and O–H groups in total. The van der Waals surface area contributed by atoms with E-state index < -0.39 is 0 Å². The largest absolute Gasteiger partial charge is 0.467 e. The second kappa shape index (κ2) is 12.1. The van der Waals surface area contributed by atoms with Crippen molar-refractivity contribution in [1.29, 1.82) is 0 Å². The summed E-state index contributed by atoms with van der Waals surface area (Å²) in [6.45, 7) is 9.78. The SMILES string of the molecule is CCNC(=NCc1ccco1)NCC(c1ccc(C)cc1)N1CCOCC1.I. The van der Waals surface area contributed by atoms with Crippen LogP contribution in [0.1, 0.15) is 29.9 Å². The maximum absolute atomic E-state index is 5.54. The van der Waals surface area contributed by atoms with E-state index in [1.165, 1.54) is 11.1 Å². The van der Waals surface area contributed by atoms with Crippen LogP contribution in [0.2, 0.25) is 0 Å². The predicted molar refractivity (Wildman–Crippen MR) is 123 cm³/mol. The molecule has 154 valence electrons. The standard InChI is InChI=1S/C21H30N4O2.HI/c1-3-22-21(23-15-19-5-4-12-27-19)24-16-20(25-10-13-26-14-11-25)18-8-6-17(2)7-9-18;/h4-9,12,20H,3,10-11,13-16H2,1-2H3,(H2,22,23,24);1H. The summed E-state index contributed by atoms with van der Waals surface area (Å²) in [6, 6.07) is 12.9. The Balaban J connectivity index is 0.00000280. The van der Waals surface area contributed by atoms with Crippen LogP contribution in [-0.4, -0.2) is 50.3 Å². The van der Waals surface area contributed by atoms with Gasteiger partial charge in [-0.2, -0.15) is 0 Å². The Bertz CT molecular complexity index is 698. The number of hydrogen-bond acceptors (Lipinski definition) is 4. The zero-order valence-electron chi connectivity index (χ0n) is 16.7. The molecule has 2 aromatic rings. The average Bonchev–Trinajstić information content (AvgIpc) is 3.22. The summed E-state index contributed by atoms with van der Waals surface area (Å²) in [5.74, 6) is 1.66. The number of morpholine rings is 1. The second-order valence-corrected chi connectivity index (χ2v) is 6.73. The van der Waals surface area contributed by atoms with Gasteiger partial charge in [-0.3, -0.25) is 4.90 Å². The molecule has 1 aromatic heterocycles. The van der Waals surface area contributed by atoms with Gasteiger partial charge in [-0.1, -0.05) is 29.8 Å². The van der Waals surface area contributed by atoms with Crippen molar-refractivity contribution in [2.24, 2.45) is 4.99 Å². The fourth-order valence-corrected chi connectivity index (χ4v) is 3.23. The van der Waals surface area contributed by atoms with Gasteiger partial charge in [0.15, 0.2) is 5.96 Å². The number of aliphatic imine (C=N–C) groups is 1. The molecule has 28 heavy (non-hydrogen) atoms. The summed E-state index contributed by atoms with van der Waals surface area (Å²) in [5, 5.41) is 6.83. The van der Waals surface area contributed by atoms with Gasteiger partial charge in [-0.05, 0) is 31.5 Å². The van der Waals surface area contributed by atoms with E-state index in [0.29, 0.717) is 6.54 Å². The number of benzene rings is 1. The number of nitrogens with one attached hydrogen (secondary N) is 2. The van der Waals surface area contributed by atoms with Crippen molar-refractivity contribution in [3.05, 3.63) is 59.5 Å². The van der Waals surface area contributed by atoms with Gasteiger partial charge in [0, 0.05) is 26.2 Å². The zero-order chi connectivity index (χ0) is 18.9. The number of guanidine groups is 1. The van der Waals surface area contributed by atoms with E-state index in [4.69, 9.17) is 9.15 Å². The maximum Gasteiger partial charge on any atom is 0.191 e. The number of aryl methyl sites for hydroxylation is 1. The summed E-state index contributed by atoms with van der Waals surface area (Å²) >= 11 is 0. The summed E-state index contributed by atoms with van der Waals surface area (Å²) in [6.07, 6.45) is 1.68. The third-order valence-corrected chi connectivity index (χ3v) is 4.73. The van der Waals surface area contributed by atoms with Crippen LogP contribution in [0.3, 0.4) is 0 Å². The van der Waals surface area contributed by atoms with Crippen LogP contribution in [0.15, 0.2) is 52.1 Å². The minimum atomic E-state index is 0. The molecule has 1 atom stereocenters. The molecule has 1 aliphatic heterocycles. The van der Waals surface area contributed by atoms with E-state index in [0.717, 1.165) is 51.1 Å². The quantitative estimate of drug-likeness (QED) is 0.349. The lowest BCUT2D eigenvalue weighted by molar-refractivity contribution is 0.0170. The number of rotatable bonds is 7. The van der Waals surface area contributed by atoms with E-state index >= 15 is 0 Å². The molecule has 1 unspecified atom stereocenters. The number of halogens is 1. The highest BCUT2D eigenvalue weighted by molar-refractivity contribution is 14.0. The van der Waals surface area contributed by atoms with Crippen LogP contribution in [-0.2, 0) is 11.3 Å². The van der Waals surface area contributed by atoms with Gasteiger partial charge < -0.3 is 19.8 Å². The van der Waals surface area contributed by atoms with Gasteiger partial charge >= 0.3 is 0 Å². The molecular weight excluding hydrogens is 467 g/mol. The molecule has 0 spiro atoms. The smallest absolute Gasteiger partial charge is 0.191 e. The number of nitrogens with zero attached hydrogens (tertiary/aromatic N) is 2. The van der Waals surface area contributed by atoms with Crippen LogP contribution in [0.25, 0.3) is 0 Å². The fraction of sp³-hybridized carbons (Fsp3) is 0.476. The minimum Gasteiger partial charge on any atom is -0.467 e. The van der Waals surface area contributed by atoms with E-state index in [-0.39, 0.29) is 30.0 Å². The molecular formula is C21H31IN4O2. The summed E-state index contributed by atoms with van der Waals surface area (Å²) in [7, 11) is 0. The van der Waals surface area contributed by atoms with E-state index in [9.17, 15) is 0 Å². The van der Waals surface area contributed by atoms with Crippen LogP contribution in [0.5, 0.6) is 0 Å². The Hall–Kier alpha value is -1.58. The molecule has 7 heteroatoms. The average molecular weight is 498 g/mol. The molecule has 0 bridgehead atoms. The zero-order valence-corrected chi connectivity index (χ0v) is 19.0. The topological polar surface area (TPSA) is 62.0 Å². The van der Waals surface area contributed by atoms with Gasteiger partial charge in [0.2, 0.25) is 0 Å². The van der Waals surface area contributed by atoms with Crippen molar-refractivity contribution in [2.75, 3.05) is 39.4 Å². The lowest BCUT2D eigenvalue weighted by Crippen LogP contribution is -2.46. The maximum atomic E-state index is 5.54. The van der Waals surface area contributed by atoms with E-state index in [1.807, 2.05) is 12.1 Å².